The Hall–Kier alpha value is -4.71. The van der Waals surface area contributed by atoms with Gasteiger partial charge < -0.3 is 33.9 Å². The van der Waals surface area contributed by atoms with Crippen LogP contribution in [0.5, 0.6) is 17.2 Å². The average molecular weight is 482 g/mol. The smallest absolute Gasteiger partial charge is 0.494 e. The molecule has 0 saturated carbocycles. The SMILES string of the molecule is CN1C=C(O)OB(c2ccc(O[C@@H]3CCc4c(Oc5ccc(C#N)cc5)cccc43)cc2)O/C(O)=C\1. The van der Waals surface area contributed by atoms with Gasteiger partial charge in [0.05, 0.1) is 24.0 Å². The Balaban J connectivity index is 1.28. The lowest BCUT2D eigenvalue weighted by molar-refractivity contribution is 0.124. The number of rotatable bonds is 5. The van der Waals surface area contributed by atoms with Crippen molar-refractivity contribution in [1.29, 1.82) is 5.26 Å². The maximum Gasteiger partial charge on any atom is 0.636 e. The Morgan fingerprint density at radius 1 is 0.944 bits per heavy atom. The summed E-state index contributed by atoms with van der Waals surface area (Å²) in [5.74, 6) is 1.44. The van der Waals surface area contributed by atoms with Crippen LogP contribution in [0.25, 0.3) is 0 Å². The van der Waals surface area contributed by atoms with Crippen molar-refractivity contribution in [3.05, 3.63) is 108 Å². The zero-order valence-electron chi connectivity index (χ0n) is 19.5. The van der Waals surface area contributed by atoms with Gasteiger partial charge in [0.25, 0.3) is 11.9 Å². The molecule has 180 valence electrons. The van der Waals surface area contributed by atoms with E-state index in [1.807, 2.05) is 18.2 Å². The monoisotopic (exact) mass is 482 g/mol. The molecule has 0 bridgehead atoms. The Kier molecular flexibility index (Phi) is 6.33. The van der Waals surface area contributed by atoms with Gasteiger partial charge in [-0.2, -0.15) is 5.26 Å². The first-order valence-electron chi connectivity index (χ1n) is 11.4. The highest BCUT2D eigenvalue weighted by atomic mass is 16.7. The van der Waals surface area contributed by atoms with Crippen LogP contribution in [0.2, 0.25) is 0 Å². The fourth-order valence-corrected chi connectivity index (χ4v) is 4.22. The maximum atomic E-state index is 9.94. The highest BCUT2D eigenvalue weighted by molar-refractivity contribution is 6.61. The molecule has 36 heavy (non-hydrogen) atoms. The normalized spacial score (nSPS) is 18.3. The molecule has 5 rings (SSSR count). The number of nitrogens with zero attached hydrogens (tertiary/aromatic N) is 2. The van der Waals surface area contributed by atoms with E-state index in [9.17, 15) is 10.2 Å². The second-order valence-corrected chi connectivity index (χ2v) is 8.44. The molecule has 2 N–H and O–H groups in total. The fraction of sp³-hybridized carbons (Fsp3) is 0.148. The number of benzene rings is 3. The minimum absolute atomic E-state index is 0.126. The Morgan fingerprint density at radius 2 is 1.61 bits per heavy atom. The van der Waals surface area contributed by atoms with E-state index in [2.05, 4.69) is 6.07 Å². The van der Waals surface area contributed by atoms with Gasteiger partial charge in [0, 0.05) is 18.1 Å². The van der Waals surface area contributed by atoms with E-state index in [-0.39, 0.29) is 18.0 Å². The van der Waals surface area contributed by atoms with Crippen molar-refractivity contribution in [1.82, 2.24) is 4.90 Å². The van der Waals surface area contributed by atoms with Gasteiger partial charge in [-0.05, 0) is 60.9 Å². The first-order valence-corrected chi connectivity index (χ1v) is 11.4. The van der Waals surface area contributed by atoms with E-state index in [0.717, 1.165) is 29.7 Å². The lowest BCUT2D eigenvalue weighted by atomic mass is 9.79. The number of hydrogen-bond acceptors (Lipinski definition) is 8. The van der Waals surface area contributed by atoms with Gasteiger partial charge in [-0.3, -0.25) is 0 Å². The van der Waals surface area contributed by atoms with Gasteiger partial charge in [0.15, 0.2) is 0 Å². The van der Waals surface area contributed by atoms with Crippen molar-refractivity contribution in [2.24, 2.45) is 0 Å². The summed E-state index contributed by atoms with van der Waals surface area (Å²) in [6.07, 6.45) is 4.14. The molecule has 0 aromatic heterocycles. The molecule has 1 atom stereocenters. The van der Waals surface area contributed by atoms with Crippen LogP contribution in [0.4, 0.5) is 0 Å². The summed E-state index contributed by atoms with van der Waals surface area (Å²) < 4.78 is 23.2. The van der Waals surface area contributed by atoms with Crippen molar-refractivity contribution in [3.63, 3.8) is 0 Å². The van der Waals surface area contributed by atoms with Gasteiger partial charge in [0.1, 0.15) is 23.4 Å². The maximum absolute atomic E-state index is 9.94. The summed E-state index contributed by atoms with van der Waals surface area (Å²) in [5, 5.41) is 28.9. The van der Waals surface area contributed by atoms with E-state index in [1.165, 1.54) is 17.3 Å². The minimum atomic E-state index is -1.02. The first-order chi connectivity index (χ1) is 17.5. The van der Waals surface area contributed by atoms with Crippen molar-refractivity contribution in [2.75, 3.05) is 7.05 Å². The molecule has 8 nitrogen and oxygen atoms in total. The zero-order valence-corrected chi connectivity index (χ0v) is 19.5. The molecule has 1 heterocycles. The van der Waals surface area contributed by atoms with Gasteiger partial charge in [-0.1, -0.05) is 24.3 Å². The molecule has 3 aromatic rings. The van der Waals surface area contributed by atoms with Gasteiger partial charge in [-0.15, -0.1) is 0 Å². The minimum Gasteiger partial charge on any atom is -0.494 e. The van der Waals surface area contributed by atoms with E-state index < -0.39 is 7.12 Å². The molecule has 1 aliphatic carbocycles. The molecule has 0 amide bonds. The van der Waals surface area contributed by atoms with E-state index in [4.69, 9.17) is 24.0 Å². The van der Waals surface area contributed by atoms with Crippen LogP contribution >= 0.6 is 0 Å². The molecule has 0 radical (unpaired) electrons. The quantitative estimate of drug-likeness (QED) is 0.500. The Morgan fingerprint density at radius 3 is 2.28 bits per heavy atom. The fourth-order valence-electron chi connectivity index (χ4n) is 4.22. The Labute approximate surface area is 209 Å². The molecular formula is C27H23BN2O6. The summed E-state index contributed by atoms with van der Waals surface area (Å²) in [7, 11) is 0.601. The van der Waals surface area contributed by atoms with Crippen molar-refractivity contribution < 1.29 is 29.0 Å². The molecule has 0 saturated heterocycles. The number of fused-ring (bicyclic) bond motifs is 1. The van der Waals surface area contributed by atoms with Crippen LogP contribution in [0.3, 0.4) is 0 Å². The molecular weight excluding hydrogens is 459 g/mol. The van der Waals surface area contributed by atoms with E-state index in [0.29, 0.717) is 22.5 Å². The van der Waals surface area contributed by atoms with Crippen LogP contribution in [0.1, 0.15) is 29.2 Å². The topological polar surface area (TPSA) is 104 Å². The lowest BCUT2D eigenvalue weighted by Gasteiger charge is -2.20. The van der Waals surface area contributed by atoms with Gasteiger partial charge >= 0.3 is 7.12 Å². The third-order valence-electron chi connectivity index (χ3n) is 5.90. The van der Waals surface area contributed by atoms with Crippen LogP contribution < -0.4 is 14.9 Å². The predicted octanol–water partition coefficient (Wildman–Crippen LogP) is 4.80. The number of hydrogen-bond donors (Lipinski definition) is 2. The van der Waals surface area contributed by atoms with Crippen molar-refractivity contribution in [2.45, 2.75) is 18.9 Å². The third kappa shape index (κ3) is 5.03. The third-order valence-corrected chi connectivity index (χ3v) is 5.90. The summed E-state index contributed by atoms with van der Waals surface area (Å²) in [5.41, 5.74) is 3.36. The number of aliphatic hydroxyl groups is 2. The molecule has 0 fully saturated rings. The second kappa shape index (κ2) is 9.88. The molecule has 1 aliphatic heterocycles. The van der Waals surface area contributed by atoms with Crippen molar-refractivity contribution in [3.8, 4) is 23.3 Å². The van der Waals surface area contributed by atoms with Crippen molar-refractivity contribution >= 4 is 12.6 Å². The number of nitriles is 1. The molecule has 0 spiro atoms. The average Bonchev–Trinajstić information content (AvgIpc) is 3.27. The standard InChI is InChI=1S/C27H23BN2O6/c1-30-16-26(31)35-28(36-27(32)17-30)19-7-11-21(12-8-19)34-25-14-13-23-22(25)3-2-4-24(23)33-20-9-5-18(15-29)6-10-20/h2-12,16-17,25,31-32H,13-14H2,1H3/b26-16-,27-17?/t25-/m1/s1. The molecule has 2 aliphatic rings. The van der Waals surface area contributed by atoms with Crippen LogP contribution in [0.15, 0.2) is 91.0 Å². The predicted molar refractivity (Wildman–Crippen MR) is 133 cm³/mol. The van der Waals surface area contributed by atoms with E-state index >= 15 is 0 Å². The summed E-state index contributed by atoms with van der Waals surface area (Å²) in [6.45, 7) is 0. The van der Waals surface area contributed by atoms with Crippen LogP contribution in [-0.4, -0.2) is 29.3 Å². The van der Waals surface area contributed by atoms with E-state index in [1.54, 1.807) is 55.6 Å². The van der Waals surface area contributed by atoms with Crippen LogP contribution in [-0.2, 0) is 15.7 Å². The van der Waals surface area contributed by atoms with Gasteiger partial charge in [0.2, 0.25) is 0 Å². The van der Waals surface area contributed by atoms with Gasteiger partial charge in [-0.25, -0.2) is 0 Å². The first kappa shape index (κ1) is 23.1. The molecule has 3 aromatic carbocycles. The summed E-state index contributed by atoms with van der Waals surface area (Å²) in [6, 6.07) is 22.2. The zero-order chi connectivity index (χ0) is 25.1. The van der Waals surface area contributed by atoms with Crippen LogP contribution in [0, 0.1) is 11.3 Å². The number of ether oxygens (including phenoxy) is 2. The molecule has 9 heteroatoms. The lowest BCUT2D eigenvalue weighted by Crippen LogP contribution is -2.37. The Bertz CT molecular complexity index is 1330. The summed E-state index contributed by atoms with van der Waals surface area (Å²) >= 11 is 0. The highest BCUT2D eigenvalue weighted by Gasteiger charge is 2.31. The second-order valence-electron chi connectivity index (χ2n) is 8.44. The molecule has 0 unspecified atom stereocenters. The number of aliphatic hydroxyl groups excluding tert-OH is 2. The highest BCUT2D eigenvalue weighted by Crippen LogP contribution is 2.40. The largest absolute Gasteiger partial charge is 0.636 e. The summed E-state index contributed by atoms with van der Waals surface area (Å²) in [4.78, 5) is 1.41.